The van der Waals surface area contributed by atoms with Gasteiger partial charge in [0.1, 0.15) is 4.90 Å². The van der Waals surface area contributed by atoms with Gasteiger partial charge in [-0.05, 0) is 30.0 Å². The second kappa shape index (κ2) is 7.32. The van der Waals surface area contributed by atoms with Gasteiger partial charge >= 0.3 is 0 Å². The zero-order valence-corrected chi connectivity index (χ0v) is 14.7. The van der Waals surface area contributed by atoms with Gasteiger partial charge < -0.3 is 0 Å². The fourth-order valence-electron chi connectivity index (χ4n) is 1.63. The van der Waals surface area contributed by atoms with Gasteiger partial charge in [0, 0.05) is 24.5 Å². The molecule has 0 aliphatic rings. The topological polar surface area (TPSA) is 37.4 Å². The molecule has 1 rings (SSSR count). The third-order valence-electron chi connectivity index (χ3n) is 2.93. The summed E-state index contributed by atoms with van der Waals surface area (Å²) in [4.78, 5) is 0.00794. The average Bonchev–Trinajstić information content (AvgIpc) is 2.37. The Morgan fingerprint density at radius 1 is 1.25 bits per heavy atom. The molecule has 0 atom stereocenters. The Morgan fingerprint density at radius 2 is 1.85 bits per heavy atom. The number of halogens is 3. The van der Waals surface area contributed by atoms with Gasteiger partial charge in [0.05, 0.1) is 5.02 Å². The van der Waals surface area contributed by atoms with Crippen LogP contribution >= 0.6 is 34.8 Å². The number of hydrogen-bond acceptors (Lipinski definition) is 2. The van der Waals surface area contributed by atoms with E-state index in [1.165, 1.54) is 17.4 Å². The Kier molecular flexibility index (Phi) is 6.61. The number of hydrogen-bond donors (Lipinski definition) is 0. The van der Waals surface area contributed by atoms with Gasteiger partial charge in [0.25, 0.3) is 0 Å². The highest BCUT2D eigenvalue weighted by atomic mass is 35.5. The van der Waals surface area contributed by atoms with Crippen LogP contribution < -0.4 is 0 Å². The van der Waals surface area contributed by atoms with E-state index in [2.05, 4.69) is 0 Å². The number of benzene rings is 1. The van der Waals surface area contributed by atoms with E-state index in [9.17, 15) is 8.42 Å². The zero-order chi connectivity index (χ0) is 15.5. The lowest BCUT2D eigenvalue weighted by Crippen LogP contribution is -2.29. The van der Waals surface area contributed by atoms with Crippen LogP contribution in [0.1, 0.15) is 25.8 Å². The van der Waals surface area contributed by atoms with Crippen molar-refractivity contribution in [3.8, 4) is 0 Å². The van der Waals surface area contributed by atoms with Crippen LogP contribution in [0.2, 0.25) is 10.0 Å². The Morgan fingerprint density at radius 3 is 2.35 bits per heavy atom. The van der Waals surface area contributed by atoms with E-state index in [4.69, 9.17) is 34.8 Å². The van der Waals surface area contributed by atoms with Crippen LogP contribution in [0.15, 0.2) is 17.0 Å². The third kappa shape index (κ3) is 4.25. The first-order valence-corrected chi connectivity index (χ1v) is 8.93. The number of rotatable bonds is 6. The maximum atomic E-state index is 12.5. The number of nitrogens with zero attached hydrogens (tertiary/aromatic N) is 1. The minimum atomic E-state index is -3.66. The molecule has 1 aromatic carbocycles. The molecule has 0 heterocycles. The molecule has 0 aliphatic heterocycles. The molecule has 114 valence electrons. The van der Waals surface area contributed by atoms with Crippen molar-refractivity contribution in [2.75, 3.05) is 13.6 Å². The maximum Gasteiger partial charge on any atom is 0.244 e. The molecule has 0 saturated carbocycles. The fourth-order valence-corrected chi connectivity index (χ4v) is 4.00. The van der Waals surface area contributed by atoms with Crippen molar-refractivity contribution in [1.29, 1.82) is 0 Å². The summed E-state index contributed by atoms with van der Waals surface area (Å²) in [6.45, 7) is 4.51. The first kappa shape index (κ1) is 18.1. The fraction of sp³-hybridized carbons (Fsp3) is 0.538. The summed E-state index contributed by atoms with van der Waals surface area (Å²) in [6.07, 6.45) is 0.774. The second-order valence-electron chi connectivity index (χ2n) is 5.02. The average molecular weight is 359 g/mol. The lowest BCUT2D eigenvalue weighted by atomic mass is 10.1. The van der Waals surface area contributed by atoms with Crippen LogP contribution in [0.3, 0.4) is 0 Å². The molecule has 0 bridgehead atoms. The largest absolute Gasteiger partial charge is 0.244 e. The summed E-state index contributed by atoms with van der Waals surface area (Å²) >= 11 is 17.8. The third-order valence-corrected chi connectivity index (χ3v) is 5.88. The van der Waals surface area contributed by atoms with E-state index in [1.54, 1.807) is 6.07 Å². The maximum absolute atomic E-state index is 12.5. The zero-order valence-electron chi connectivity index (χ0n) is 11.7. The van der Waals surface area contributed by atoms with Crippen LogP contribution in [-0.4, -0.2) is 26.3 Å². The number of sulfonamides is 1. The second-order valence-corrected chi connectivity index (χ2v) is 8.11. The molecule has 0 unspecified atom stereocenters. The molecular weight excluding hydrogens is 341 g/mol. The van der Waals surface area contributed by atoms with Gasteiger partial charge in [-0.1, -0.05) is 37.0 Å². The Labute approximate surface area is 135 Å². The standard InChI is InChI=1S/C13H18Cl3NO2S/c1-9(2)4-5-17(3)20(18,19)12-7-11(15)6-10(8-14)13(12)16/h6-7,9H,4-5,8H2,1-3H3. The van der Waals surface area contributed by atoms with Crippen LogP contribution in [0.25, 0.3) is 0 Å². The van der Waals surface area contributed by atoms with Crippen molar-refractivity contribution in [2.24, 2.45) is 5.92 Å². The van der Waals surface area contributed by atoms with Crippen LogP contribution in [0.4, 0.5) is 0 Å². The molecule has 0 radical (unpaired) electrons. The quantitative estimate of drug-likeness (QED) is 0.707. The van der Waals surface area contributed by atoms with E-state index in [-0.39, 0.29) is 15.8 Å². The molecule has 1 aromatic rings. The van der Waals surface area contributed by atoms with Gasteiger partial charge in [-0.3, -0.25) is 0 Å². The van der Waals surface area contributed by atoms with Crippen LogP contribution in [0, 0.1) is 5.92 Å². The van der Waals surface area contributed by atoms with E-state index in [0.717, 1.165) is 6.42 Å². The molecule has 7 heteroatoms. The molecule has 3 nitrogen and oxygen atoms in total. The SMILES string of the molecule is CC(C)CCN(C)S(=O)(=O)c1cc(Cl)cc(CCl)c1Cl. The predicted molar refractivity (Wildman–Crippen MR) is 85.3 cm³/mol. The van der Waals surface area contributed by atoms with Gasteiger partial charge in [-0.2, -0.15) is 0 Å². The van der Waals surface area contributed by atoms with Crippen molar-refractivity contribution in [3.05, 3.63) is 27.7 Å². The van der Waals surface area contributed by atoms with E-state index >= 15 is 0 Å². The van der Waals surface area contributed by atoms with Crippen molar-refractivity contribution < 1.29 is 8.42 Å². The van der Waals surface area contributed by atoms with Gasteiger partial charge in [0.15, 0.2) is 0 Å². The van der Waals surface area contributed by atoms with Crippen LogP contribution in [0.5, 0.6) is 0 Å². The van der Waals surface area contributed by atoms with Crippen molar-refractivity contribution >= 4 is 44.8 Å². The Balaban J connectivity index is 3.18. The van der Waals surface area contributed by atoms with Gasteiger partial charge in [0.2, 0.25) is 10.0 Å². The summed E-state index contributed by atoms with van der Waals surface area (Å²) in [5.41, 5.74) is 0.511. The summed E-state index contributed by atoms with van der Waals surface area (Å²) in [6, 6.07) is 2.94. The van der Waals surface area contributed by atoms with Crippen molar-refractivity contribution in [3.63, 3.8) is 0 Å². The molecule has 0 fully saturated rings. The molecule has 0 amide bonds. The highest BCUT2D eigenvalue weighted by molar-refractivity contribution is 7.89. The molecule has 0 aliphatic carbocycles. The lowest BCUT2D eigenvalue weighted by Gasteiger charge is -2.20. The van der Waals surface area contributed by atoms with Gasteiger partial charge in [-0.25, -0.2) is 12.7 Å². The molecule has 20 heavy (non-hydrogen) atoms. The predicted octanol–water partition coefficient (Wildman–Crippen LogP) is 4.40. The Hall–Kier alpha value is -0.000000000000000111. The summed E-state index contributed by atoms with van der Waals surface area (Å²) in [5, 5.41) is 0.446. The Bertz CT molecular complexity index is 573. The minimum Gasteiger partial charge on any atom is -0.207 e. The normalized spacial score (nSPS) is 12.4. The molecule has 0 aromatic heterocycles. The lowest BCUT2D eigenvalue weighted by molar-refractivity contribution is 0.428. The molecule has 0 saturated heterocycles. The molecule has 0 spiro atoms. The minimum absolute atomic E-state index is 0.00794. The van der Waals surface area contributed by atoms with E-state index < -0.39 is 10.0 Å². The van der Waals surface area contributed by atoms with Crippen molar-refractivity contribution in [1.82, 2.24) is 4.31 Å². The number of alkyl halides is 1. The molecule has 0 N–H and O–H groups in total. The highest BCUT2D eigenvalue weighted by Gasteiger charge is 2.25. The van der Waals surface area contributed by atoms with Crippen molar-refractivity contribution in [2.45, 2.75) is 31.0 Å². The molecular formula is C13H18Cl3NO2S. The first-order chi connectivity index (χ1) is 9.20. The monoisotopic (exact) mass is 357 g/mol. The first-order valence-electron chi connectivity index (χ1n) is 6.20. The van der Waals surface area contributed by atoms with Crippen LogP contribution in [-0.2, 0) is 15.9 Å². The van der Waals surface area contributed by atoms with E-state index in [1.807, 2.05) is 13.8 Å². The summed E-state index contributed by atoms with van der Waals surface area (Å²) in [7, 11) is -2.13. The van der Waals surface area contributed by atoms with E-state index in [0.29, 0.717) is 23.0 Å². The summed E-state index contributed by atoms with van der Waals surface area (Å²) in [5.74, 6) is 0.526. The van der Waals surface area contributed by atoms with Gasteiger partial charge in [-0.15, -0.1) is 11.6 Å². The smallest absolute Gasteiger partial charge is 0.207 e. The highest BCUT2D eigenvalue weighted by Crippen LogP contribution is 2.32. The summed E-state index contributed by atoms with van der Waals surface area (Å²) < 4.78 is 26.3.